The van der Waals surface area contributed by atoms with Crippen LogP contribution in [0, 0.1) is 5.92 Å². The van der Waals surface area contributed by atoms with E-state index in [4.69, 9.17) is 5.21 Å². The van der Waals surface area contributed by atoms with Crippen molar-refractivity contribution in [1.82, 2.24) is 20.8 Å². The molecule has 8 nitrogen and oxygen atoms in total. The Bertz CT molecular complexity index is 626. The van der Waals surface area contributed by atoms with Gasteiger partial charge in [0.15, 0.2) is 0 Å². The highest BCUT2D eigenvalue weighted by Crippen LogP contribution is 2.26. The largest absolute Gasteiger partial charge is 0.357 e. The lowest BCUT2D eigenvalue weighted by molar-refractivity contribution is -0.124. The summed E-state index contributed by atoms with van der Waals surface area (Å²) in [7, 11) is 0. The third kappa shape index (κ3) is 6.11. The van der Waals surface area contributed by atoms with E-state index >= 15 is 0 Å². The first-order valence-corrected chi connectivity index (χ1v) is 9.00. The molecule has 1 aliphatic carbocycles. The lowest BCUT2D eigenvalue weighted by atomic mass is 9.84. The van der Waals surface area contributed by atoms with Crippen molar-refractivity contribution < 1.29 is 14.8 Å². The zero-order valence-electron chi connectivity index (χ0n) is 15.2. The Morgan fingerprint density at radius 3 is 2.54 bits per heavy atom. The van der Waals surface area contributed by atoms with E-state index in [0.29, 0.717) is 17.4 Å². The van der Waals surface area contributed by atoms with Crippen molar-refractivity contribution in [3.05, 3.63) is 24.2 Å². The number of nitrogens with one attached hydrogen (secondary N) is 3. The Morgan fingerprint density at radius 1 is 1.19 bits per heavy atom. The Hall–Kier alpha value is -2.48. The molecule has 8 heteroatoms. The maximum absolute atomic E-state index is 12.4. The zero-order valence-corrected chi connectivity index (χ0v) is 15.2. The second kappa shape index (κ2) is 9.86. The van der Waals surface area contributed by atoms with Gasteiger partial charge < -0.3 is 10.6 Å². The van der Waals surface area contributed by atoms with Crippen LogP contribution >= 0.6 is 0 Å². The third-order valence-electron chi connectivity index (χ3n) is 4.67. The summed E-state index contributed by atoms with van der Waals surface area (Å²) in [4.78, 5) is 31.6. The highest BCUT2D eigenvalue weighted by atomic mass is 16.5. The number of amides is 2. The highest BCUT2D eigenvalue weighted by molar-refractivity contribution is 5.90. The Kier molecular flexibility index (Phi) is 7.53. The van der Waals surface area contributed by atoms with Crippen LogP contribution in [0.1, 0.15) is 51.6 Å². The summed E-state index contributed by atoms with van der Waals surface area (Å²) in [5.41, 5.74) is 1.95. The van der Waals surface area contributed by atoms with Gasteiger partial charge in [0.2, 0.25) is 5.91 Å². The third-order valence-corrected chi connectivity index (χ3v) is 4.67. The number of carbonyl (C=O) groups is 2. The predicted molar refractivity (Wildman–Crippen MR) is 98.3 cm³/mol. The molecule has 0 saturated heterocycles. The van der Waals surface area contributed by atoms with Crippen molar-refractivity contribution in [1.29, 1.82) is 0 Å². The molecule has 1 fully saturated rings. The van der Waals surface area contributed by atoms with Gasteiger partial charge in [-0.2, -0.15) is 0 Å². The molecule has 1 aromatic heterocycles. The molecule has 0 bridgehead atoms. The normalized spacial score (nSPS) is 17.5. The molecule has 1 aromatic rings. The Labute approximate surface area is 153 Å². The van der Waals surface area contributed by atoms with Crippen molar-refractivity contribution in [2.24, 2.45) is 5.92 Å². The summed E-state index contributed by atoms with van der Waals surface area (Å²) >= 11 is 0. The Balaban J connectivity index is 1.84. The van der Waals surface area contributed by atoms with E-state index in [1.54, 1.807) is 6.92 Å². The summed E-state index contributed by atoms with van der Waals surface area (Å²) < 4.78 is 0. The van der Waals surface area contributed by atoms with Crippen molar-refractivity contribution >= 4 is 23.7 Å². The van der Waals surface area contributed by atoms with Crippen molar-refractivity contribution in [3.63, 3.8) is 0 Å². The first kappa shape index (κ1) is 19.8. The topological polar surface area (TPSA) is 116 Å². The van der Waals surface area contributed by atoms with Gasteiger partial charge in [0, 0.05) is 12.1 Å². The van der Waals surface area contributed by atoms with Gasteiger partial charge in [0.25, 0.3) is 5.91 Å². The molecular formula is C18H27N5O3. The van der Waals surface area contributed by atoms with Crippen LogP contribution in [0.15, 0.2) is 18.5 Å². The molecule has 2 amide bonds. The van der Waals surface area contributed by atoms with Crippen LogP contribution in [0.2, 0.25) is 0 Å². The summed E-state index contributed by atoms with van der Waals surface area (Å²) in [5, 5.41) is 14.5. The molecule has 1 aliphatic rings. The van der Waals surface area contributed by atoms with Crippen LogP contribution < -0.4 is 16.1 Å². The number of hydrogen-bond acceptors (Lipinski definition) is 6. The number of anilines is 1. The average Bonchev–Trinajstić information content (AvgIpc) is 2.67. The predicted octanol–water partition coefficient (Wildman–Crippen LogP) is 1.88. The van der Waals surface area contributed by atoms with Crippen LogP contribution in [-0.4, -0.2) is 39.1 Å². The average molecular weight is 361 g/mol. The van der Waals surface area contributed by atoms with Crippen LogP contribution in [0.3, 0.4) is 0 Å². The second-order valence-electron chi connectivity index (χ2n) is 6.70. The minimum Gasteiger partial charge on any atom is -0.357 e. The van der Waals surface area contributed by atoms with Crippen molar-refractivity contribution in [2.45, 2.75) is 58.0 Å². The van der Waals surface area contributed by atoms with Gasteiger partial charge in [-0.05, 0) is 38.7 Å². The number of hydroxylamine groups is 1. The lowest BCUT2D eigenvalue weighted by Crippen LogP contribution is -2.45. The molecule has 2 rings (SSSR count). The summed E-state index contributed by atoms with van der Waals surface area (Å²) in [6.07, 6.45) is 11.7. The van der Waals surface area contributed by atoms with E-state index in [9.17, 15) is 9.59 Å². The maximum Gasteiger partial charge on any atom is 0.267 e. The van der Waals surface area contributed by atoms with Gasteiger partial charge in [-0.25, -0.2) is 10.5 Å². The van der Waals surface area contributed by atoms with E-state index in [1.165, 1.54) is 56.1 Å². The zero-order chi connectivity index (χ0) is 18.9. The van der Waals surface area contributed by atoms with E-state index in [1.807, 2.05) is 0 Å². The lowest BCUT2D eigenvalue weighted by Gasteiger charge is -2.29. The molecule has 0 spiro atoms. The molecule has 142 valence electrons. The van der Waals surface area contributed by atoms with Crippen LogP contribution in [0.4, 0.5) is 5.82 Å². The van der Waals surface area contributed by atoms with Gasteiger partial charge in [0.05, 0.1) is 18.1 Å². The van der Waals surface area contributed by atoms with Crippen LogP contribution in [0.5, 0.6) is 0 Å². The second-order valence-corrected chi connectivity index (χ2v) is 6.70. The van der Waals surface area contributed by atoms with Crippen LogP contribution in [-0.2, 0) is 9.59 Å². The molecule has 0 unspecified atom stereocenters. The molecule has 2 atom stereocenters. The molecular weight excluding hydrogens is 334 g/mol. The van der Waals surface area contributed by atoms with Gasteiger partial charge in [-0.15, -0.1) is 0 Å². The maximum atomic E-state index is 12.4. The molecule has 1 saturated carbocycles. The van der Waals surface area contributed by atoms with E-state index in [2.05, 4.69) is 27.5 Å². The molecule has 26 heavy (non-hydrogen) atoms. The van der Waals surface area contributed by atoms with Gasteiger partial charge in [-0.3, -0.25) is 19.8 Å². The smallest absolute Gasteiger partial charge is 0.267 e. The Morgan fingerprint density at radius 2 is 1.92 bits per heavy atom. The first-order valence-electron chi connectivity index (χ1n) is 9.00. The fourth-order valence-electron chi connectivity index (χ4n) is 3.09. The van der Waals surface area contributed by atoms with E-state index in [-0.39, 0.29) is 11.9 Å². The van der Waals surface area contributed by atoms with E-state index in [0.717, 1.165) is 6.08 Å². The minimum atomic E-state index is -0.647. The van der Waals surface area contributed by atoms with Gasteiger partial charge >= 0.3 is 0 Å². The van der Waals surface area contributed by atoms with Crippen LogP contribution in [0.25, 0.3) is 6.08 Å². The first-order chi connectivity index (χ1) is 12.5. The molecule has 0 aliphatic heterocycles. The van der Waals surface area contributed by atoms with Crippen molar-refractivity contribution in [2.75, 3.05) is 5.32 Å². The summed E-state index contributed by atoms with van der Waals surface area (Å²) in [6.45, 7) is 3.86. The summed E-state index contributed by atoms with van der Waals surface area (Å²) in [5.74, 6) is 0.323. The fraction of sp³-hybridized carbons (Fsp3) is 0.556. The molecule has 4 N–H and O–H groups in total. The van der Waals surface area contributed by atoms with Crippen molar-refractivity contribution in [3.8, 4) is 0 Å². The molecule has 1 heterocycles. The number of aromatic nitrogens is 2. The van der Waals surface area contributed by atoms with Gasteiger partial charge in [-0.1, -0.05) is 19.3 Å². The number of hydrogen-bond donors (Lipinski definition) is 4. The standard InChI is InChI=1S/C18H27N5O3/c1-12(14-6-4-3-5-7-14)22-18(25)13(2)21-16-11-19-15(10-20-16)8-9-17(24)23-26/h8-14,26H,3-7H2,1-2H3,(H,20,21)(H,22,25)(H,23,24)/b9-8+/t12-,13-/m1/s1. The number of nitrogens with zero attached hydrogens (tertiary/aromatic N) is 2. The fourth-order valence-corrected chi connectivity index (χ4v) is 3.09. The SMILES string of the molecule is C[C@@H](Nc1cnc(/C=C/C(=O)NO)cn1)C(=O)N[C@H](C)C1CCCCC1. The van der Waals surface area contributed by atoms with E-state index < -0.39 is 11.9 Å². The monoisotopic (exact) mass is 361 g/mol. The summed E-state index contributed by atoms with van der Waals surface area (Å²) in [6, 6.07) is -0.264. The minimum absolute atomic E-state index is 0.0616. The molecule has 0 aromatic carbocycles. The molecule has 0 radical (unpaired) electrons. The number of carbonyl (C=O) groups excluding carboxylic acids is 2. The quantitative estimate of drug-likeness (QED) is 0.335. The number of rotatable bonds is 7. The van der Waals surface area contributed by atoms with Gasteiger partial charge in [0.1, 0.15) is 11.9 Å². The highest BCUT2D eigenvalue weighted by Gasteiger charge is 2.23.